The molecule has 0 unspecified atom stereocenters. The fraction of sp³-hybridized carbons (Fsp3) is 0.231. The van der Waals surface area contributed by atoms with E-state index in [1.807, 2.05) is 0 Å². The minimum atomic E-state index is -4.43. The smallest absolute Gasteiger partial charge is 0.340 e. The average Bonchev–Trinajstić information content (AvgIpc) is 3.15. The van der Waals surface area contributed by atoms with Crippen LogP contribution in [0.5, 0.6) is 5.75 Å². The maximum atomic E-state index is 13.0. The molecule has 1 aromatic carbocycles. The second kappa shape index (κ2) is 8.08. The molecule has 1 aromatic heterocycles. The van der Waals surface area contributed by atoms with Crippen LogP contribution in [0.15, 0.2) is 24.4 Å². The molecule has 142 valence electrons. The number of benzene rings is 1. The molecule has 27 heavy (non-hydrogen) atoms. The molecule has 2 rings (SSSR count). The van der Waals surface area contributed by atoms with Crippen molar-refractivity contribution in [1.82, 2.24) is 20.6 Å². The predicted octanol–water partition coefficient (Wildman–Crippen LogP) is 2.36. The van der Waals surface area contributed by atoms with Gasteiger partial charge in [0.15, 0.2) is 6.61 Å². The van der Waals surface area contributed by atoms with E-state index in [-0.39, 0.29) is 17.1 Å². The number of allylic oxidation sites excluding steroid dienone is 1. The van der Waals surface area contributed by atoms with Crippen molar-refractivity contribution in [2.45, 2.75) is 12.3 Å². The first kappa shape index (κ1) is 19.6. The topological polar surface area (TPSA) is 143 Å². The number of tetrazole rings is 1. The second-order valence-corrected chi connectivity index (χ2v) is 4.87. The van der Waals surface area contributed by atoms with E-state index in [4.69, 9.17) is 5.26 Å². The van der Waals surface area contributed by atoms with Crippen LogP contribution in [-0.4, -0.2) is 44.5 Å². The number of ether oxygens (including phenoxy) is 1. The highest BCUT2D eigenvalue weighted by molar-refractivity contribution is 5.74. The first-order valence-electron chi connectivity index (χ1n) is 6.92. The normalized spacial score (nSPS) is 11.9. The number of non-ortho nitro benzene ring substituents is 1. The van der Waals surface area contributed by atoms with E-state index < -0.39 is 35.3 Å². The SMILES string of the molecule is N#CC(=CNc1cc(OCC(F)(F)C(F)F)cc([N+](=O)[O-])c1)c1nn[nH]n1. The number of rotatable bonds is 8. The molecule has 0 saturated carbocycles. The number of aromatic amines is 1. The van der Waals surface area contributed by atoms with Crippen molar-refractivity contribution in [3.63, 3.8) is 0 Å². The zero-order chi connectivity index (χ0) is 20.0. The minimum absolute atomic E-state index is 0.0317. The van der Waals surface area contributed by atoms with Crippen molar-refractivity contribution >= 4 is 16.9 Å². The Hall–Kier alpha value is -3.76. The summed E-state index contributed by atoms with van der Waals surface area (Å²) in [5.74, 6) is -4.94. The van der Waals surface area contributed by atoms with Crippen molar-refractivity contribution in [1.29, 1.82) is 5.26 Å². The summed E-state index contributed by atoms with van der Waals surface area (Å²) in [5.41, 5.74) is -0.681. The van der Waals surface area contributed by atoms with Crippen LogP contribution < -0.4 is 10.1 Å². The van der Waals surface area contributed by atoms with Gasteiger partial charge in [-0.15, -0.1) is 10.2 Å². The molecule has 0 fully saturated rings. The summed E-state index contributed by atoms with van der Waals surface area (Å²) in [6.07, 6.45) is -2.87. The maximum absolute atomic E-state index is 13.0. The molecule has 0 atom stereocenters. The zero-order valence-electron chi connectivity index (χ0n) is 13.1. The van der Waals surface area contributed by atoms with Gasteiger partial charge in [0.25, 0.3) is 5.69 Å². The van der Waals surface area contributed by atoms with Crippen LogP contribution in [0.3, 0.4) is 0 Å². The van der Waals surface area contributed by atoms with Gasteiger partial charge in [0.05, 0.1) is 11.0 Å². The molecule has 1 heterocycles. The van der Waals surface area contributed by atoms with Gasteiger partial charge in [0.2, 0.25) is 5.82 Å². The third-order valence-corrected chi connectivity index (χ3v) is 2.94. The van der Waals surface area contributed by atoms with Crippen LogP contribution in [0.1, 0.15) is 5.82 Å². The fourth-order valence-electron chi connectivity index (χ4n) is 1.68. The van der Waals surface area contributed by atoms with Crippen LogP contribution in [0, 0.1) is 21.4 Å². The Kier molecular flexibility index (Phi) is 5.85. The number of nitrogens with zero attached hydrogens (tertiary/aromatic N) is 5. The Bertz CT molecular complexity index is 881. The van der Waals surface area contributed by atoms with E-state index >= 15 is 0 Å². The van der Waals surface area contributed by atoms with Gasteiger partial charge in [-0.2, -0.15) is 19.3 Å². The van der Waals surface area contributed by atoms with Gasteiger partial charge >= 0.3 is 12.3 Å². The Morgan fingerprint density at radius 1 is 1.48 bits per heavy atom. The summed E-state index contributed by atoms with van der Waals surface area (Å²) in [4.78, 5) is 10.1. The van der Waals surface area contributed by atoms with E-state index in [1.165, 1.54) is 0 Å². The van der Waals surface area contributed by atoms with Crippen LogP contribution in [0.25, 0.3) is 5.57 Å². The summed E-state index contributed by atoms with van der Waals surface area (Å²) >= 11 is 0. The molecule has 0 aliphatic heterocycles. The molecule has 0 saturated heterocycles. The lowest BCUT2D eigenvalue weighted by Gasteiger charge is -2.16. The Morgan fingerprint density at radius 2 is 2.22 bits per heavy atom. The summed E-state index contributed by atoms with van der Waals surface area (Å²) in [5, 5.41) is 35.0. The van der Waals surface area contributed by atoms with Crippen LogP contribution in [0.4, 0.5) is 28.9 Å². The molecule has 0 amide bonds. The summed E-state index contributed by atoms with van der Waals surface area (Å²) in [6.45, 7) is -1.67. The number of halogens is 4. The number of hydrogen-bond acceptors (Lipinski definition) is 8. The van der Waals surface area contributed by atoms with Gasteiger partial charge in [-0.05, 0) is 5.21 Å². The van der Waals surface area contributed by atoms with Gasteiger partial charge in [0.1, 0.15) is 17.4 Å². The molecule has 14 heteroatoms. The van der Waals surface area contributed by atoms with Crippen LogP contribution in [0.2, 0.25) is 0 Å². The van der Waals surface area contributed by atoms with Gasteiger partial charge < -0.3 is 10.1 Å². The molecule has 0 bridgehead atoms. The van der Waals surface area contributed by atoms with E-state index in [2.05, 4.69) is 30.7 Å². The molecular formula is C13H9F4N7O3. The van der Waals surface area contributed by atoms with Crippen LogP contribution in [-0.2, 0) is 0 Å². The number of nitro benzene ring substituents is 1. The standard InChI is InChI=1S/C13H9F4N7O3/c14-12(15)13(16,17)6-27-10-2-8(1-9(3-10)24(25)26)19-5-7(4-18)11-20-22-23-21-11/h1-3,5,12,19H,6H2,(H,20,21,22,23). The molecule has 0 aliphatic rings. The molecule has 2 N–H and O–H groups in total. The number of hydrogen-bond donors (Lipinski definition) is 2. The summed E-state index contributed by atoms with van der Waals surface area (Å²) in [7, 11) is 0. The first-order valence-corrected chi connectivity index (χ1v) is 6.92. The number of H-pyrrole nitrogens is 1. The number of anilines is 1. The molecule has 2 aromatic rings. The fourth-order valence-corrected chi connectivity index (χ4v) is 1.68. The van der Waals surface area contributed by atoms with Crippen LogP contribution >= 0.6 is 0 Å². The number of nitriles is 1. The number of nitro groups is 1. The number of aromatic nitrogens is 4. The van der Waals surface area contributed by atoms with Gasteiger partial charge in [0, 0.05) is 24.0 Å². The molecule has 0 aliphatic carbocycles. The second-order valence-electron chi connectivity index (χ2n) is 4.87. The zero-order valence-corrected chi connectivity index (χ0v) is 13.1. The van der Waals surface area contributed by atoms with Crippen molar-refractivity contribution in [2.75, 3.05) is 11.9 Å². The quantitative estimate of drug-likeness (QED) is 0.304. The highest BCUT2D eigenvalue weighted by Crippen LogP contribution is 2.29. The monoisotopic (exact) mass is 387 g/mol. The van der Waals surface area contributed by atoms with Crippen molar-refractivity contribution < 1.29 is 27.2 Å². The minimum Gasteiger partial charge on any atom is -0.487 e. The molecular weight excluding hydrogens is 378 g/mol. The van der Waals surface area contributed by atoms with Crippen molar-refractivity contribution in [3.8, 4) is 11.8 Å². The number of alkyl halides is 4. The van der Waals surface area contributed by atoms with E-state index in [1.54, 1.807) is 6.07 Å². The Morgan fingerprint density at radius 3 is 2.78 bits per heavy atom. The van der Waals surface area contributed by atoms with E-state index in [0.717, 1.165) is 24.4 Å². The lowest BCUT2D eigenvalue weighted by molar-refractivity contribution is -0.384. The first-order chi connectivity index (χ1) is 12.7. The van der Waals surface area contributed by atoms with E-state index in [0.29, 0.717) is 0 Å². The molecule has 0 radical (unpaired) electrons. The van der Waals surface area contributed by atoms with Crippen molar-refractivity contribution in [3.05, 3.63) is 40.3 Å². The predicted molar refractivity (Wildman–Crippen MR) is 80.9 cm³/mol. The van der Waals surface area contributed by atoms with Gasteiger partial charge in [-0.3, -0.25) is 10.1 Å². The highest BCUT2D eigenvalue weighted by Gasteiger charge is 2.41. The number of nitrogens with one attached hydrogen (secondary N) is 2. The van der Waals surface area contributed by atoms with Gasteiger partial charge in [-0.25, -0.2) is 8.78 Å². The maximum Gasteiger partial charge on any atom is 0.340 e. The Balaban J connectivity index is 2.25. The average molecular weight is 387 g/mol. The summed E-state index contributed by atoms with van der Waals surface area (Å²) < 4.78 is 54.8. The highest BCUT2D eigenvalue weighted by atomic mass is 19.3. The molecule has 10 nitrogen and oxygen atoms in total. The largest absolute Gasteiger partial charge is 0.487 e. The molecule has 0 spiro atoms. The lowest BCUT2D eigenvalue weighted by Crippen LogP contribution is -2.33. The summed E-state index contributed by atoms with van der Waals surface area (Å²) in [6, 6.07) is 4.61. The third kappa shape index (κ3) is 5.11. The van der Waals surface area contributed by atoms with Crippen molar-refractivity contribution in [2.24, 2.45) is 0 Å². The van der Waals surface area contributed by atoms with E-state index in [9.17, 15) is 27.7 Å². The Labute approximate surface area is 147 Å². The van der Waals surface area contributed by atoms with Gasteiger partial charge in [-0.1, -0.05) is 0 Å². The third-order valence-electron chi connectivity index (χ3n) is 2.94. The lowest BCUT2D eigenvalue weighted by atomic mass is 10.2.